The number of aryl methyl sites for hydroxylation is 1. The molecule has 5 aromatic rings. The largest absolute Gasteiger partial charge is 0.496 e. The third-order valence-electron chi connectivity index (χ3n) is 6.91. The van der Waals surface area contributed by atoms with E-state index in [0.717, 1.165) is 22.4 Å². The van der Waals surface area contributed by atoms with E-state index >= 15 is 0 Å². The molecule has 0 saturated carbocycles. The number of ether oxygens (including phenoxy) is 2. The zero-order valence-electron chi connectivity index (χ0n) is 24.3. The average Bonchev–Trinajstić information content (AvgIpc) is 3.00. The van der Waals surface area contributed by atoms with Crippen LogP contribution in [0.1, 0.15) is 36.5 Å². The minimum atomic E-state index is -0.411. The van der Waals surface area contributed by atoms with E-state index in [-0.39, 0.29) is 18.1 Å². The normalized spacial score (nSPS) is 11.3. The summed E-state index contributed by atoms with van der Waals surface area (Å²) in [5.74, 6) is 0.915. The van der Waals surface area contributed by atoms with Crippen LogP contribution in [-0.2, 0) is 4.79 Å². The third kappa shape index (κ3) is 6.46. The van der Waals surface area contributed by atoms with Gasteiger partial charge >= 0.3 is 0 Å². The van der Waals surface area contributed by atoms with E-state index in [1.165, 1.54) is 35.2 Å². The summed E-state index contributed by atoms with van der Waals surface area (Å²) in [7, 11) is 1.64. The number of para-hydroxylation sites is 2. The Bertz CT molecular complexity index is 1880. The van der Waals surface area contributed by atoms with Crippen LogP contribution in [0.5, 0.6) is 11.5 Å². The van der Waals surface area contributed by atoms with E-state index in [2.05, 4.69) is 24.3 Å². The van der Waals surface area contributed by atoms with Gasteiger partial charge in [-0.05, 0) is 84.6 Å². The molecule has 9 heteroatoms. The molecule has 5 rings (SSSR count). The van der Waals surface area contributed by atoms with Gasteiger partial charge in [0, 0.05) is 16.8 Å². The van der Waals surface area contributed by atoms with Crippen LogP contribution in [0.25, 0.3) is 22.3 Å². The lowest BCUT2D eigenvalue weighted by Gasteiger charge is -2.17. The topological polar surface area (TPSA) is 94.8 Å². The maximum atomic E-state index is 13.8. The van der Waals surface area contributed by atoms with Gasteiger partial charge in [0.2, 0.25) is 0 Å². The van der Waals surface area contributed by atoms with Gasteiger partial charge in [-0.2, -0.15) is 9.78 Å². The first-order valence-corrected chi connectivity index (χ1v) is 13.8. The van der Waals surface area contributed by atoms with Crippen molar-refractivity contribution in [2.45, 2.75) is 26.7 Å². The van der Waals surface area contributed by atoms with Crippen LogP contribution in [0.2, 0.25) is 0 Å². The second-order valence-corrected chi connectivity index (χ2v) is 10.3. The molecule has 0 fully saturated rings. The molecule has 4 aromatic carbocycles. The number of halogens is 1. The molecule has 1 heterocycles. The molecule has 1 amide bonds. The Balaban J connectivity index is 1.51. The van der Waals surface area contributed by atoms with Crippen molar-refractivity contribution in [1.29, 1.82) is 0 Å². The molecular formula is C34H31FN4O4. The Morgan fingerprint density at radius 3 is 2.49 bits per heavy atom. The van der Waals surface area contributed by atoms with Gasteiger partial charge < -0.3 is 14.8 Å². The standard InChI is InChI=1S/C34H31FN4O4/c1-21(2)27-18-28(22(3)17-31(27)42-4)33-38-29-11-7-6-10-26(29)34(41)39(33)36-19-23-9-5-8-12-30(23)43-20-32(40)37-25-15-13-24(35)14-16-25/h5-19,21H,20H2,1-4H3,(H,37,40). The van der Waals surface area contributed by atoms with Gasteiger partial charge in [-0.1, -0.05) is 38.1 Å². The van der Waals surface area contributed by atoms with E-state index in [1.54, 1.807) is 49.6 Å². The summed E-state index contributed by atoms with van der Waals surface area (Å²) < 4.78 is 25.9. The monoisotopic (exact) mass is 578 g/mol. The minimum Gasteiger partial charge on any atom is -0.496 e. The average molecular weight is 579 g/mol. The van der Waals surface area contributed by atoms with Crippen LogP contribution in [-0.4, -0.2) is 35.5 Å². The summed E-state index contributed by atoms with van der Waals surface area (Å²) in [5, 5.41) is 7.69. The maximum absolute atomic E-state index is 13.8. The molecule has 0 aliphatic carbocycles. The molecule has 43 heavy (non-hydrogen) atoms. The number of hydrogen-bond acceptors (Lipinski definition) is 6. The molecule has 0 atom stereocenters. The van der Waals surface area contributed by atoms with Crippen molar-refractivity contribution in [3.8, 4) is 22.9 Å². The first-order chi connectivity index (χ1) is 20.7. The number of aromatic nitrogens is 2. The number of nitrogens with zero attached hydrogens (tertiary/aromatic N) is 3. The van der Waals surface area contributed by atoms with Crippen molar-refractivity contribution < 1.29 is 18.7 Å². The van der Waals surface area contributed by atoms with Crippen LogP contribution >= 0.6 is 0 Å². The second-order valence-electron chi connectivity index (χ2n) is 10.3. The van der Waals surface area contributed by atoms with Gasteiger partial charge in [0.05, 0.1) is 24.2 Å². The SMILES string of the molecule is COc1cc(C)c(-c2nc3ccccc3c(=O)n2N=Cc2ccccc2OCC(=O)Nc2ccc(F)cc2)cc1C(C)C. The highest BCUT2D eigenvalue weighted by molar-refractivity contribution is 5.92. The van der Waals surface area contributed by atoms with Gasteiger partial charge in [0.25, 0.3) is 11.5 Å². The maximum Gasteiger partial charge on any atom is 0.282 e. The zero-order chi connectivity index (χ0) is 30.5. The molecular weight excluding hydrogens is 547 g/mol. The van der Waals surface area contributed by atoms with Gasteiger partial charge in [-0.3, -0.25) is 9.59 Å². The Labute approximate surface area is 248 Å². The van der Waals surface area contributed by atoms with Gasteiger partial charge in [0.1, 0.15) is 17.3 Å². The molecule has 8 nitrogen and oxygen atoms in total. The van der Waals surface area contributed by atoms with Crippen molar-refractivity contribution >= 4 is 28.7 Å². The highest BCUT2D eigenvalue weighted by Crippen LogP contribution is 2.34. The molecule has 0 spiro atoms. The molecule has 0 saturated heterocycles. The van der Waals surface area contributed by atoms with E-state index in [1.807, 2.05) is 25.1 Å². The second kappa shape index (κ2) is 12.7. The highest BCUT2D eigenvalue weighted by Gasteiger charge is 2.18. The van der Waals surface area contributed by atoms with Gasteiger partial charge in [-0.25, -0.2) is 9.37 Å². The summed E-state index contributed by atoms with van der Waals surface area (Å²) in [6.45, 7) is 5.81. The van der Waals surface area contributed by atoms with Crippen LogP contribution in [0.15, 0.2) is 94.8 Å². The van der Waals surface area contributed by atoms with Crippen molar-refractivity contribution in [3.63, 3.8) is 0 Å². The minimum absolute atomic E-state index is 0.169. The molecule has 1 N–H and O–H groups in total. The molecule has 0 radical (unpaired) electrons. The number of rotatable bonds is 9. The first kappa shape index (κ1) is 29.2. The Morgan fingerprint density at radius 1 is 1.02 bits per heavy atom. The number of hydrogen-bond donors (Lipinski definition) is 1. The van der Waals surface area contributed by atoms with Gasteiger partial charge in [-0.15, -0.1) is 0 Å². The summed E-state index contributed by atoms with van der Waals surface area (Å²) in [6, 6.07) is 23.6. The number of carbonyl (C=O) groups is 1. The third-order valence-corrected chi connectivity index (χ3v) is 6.91. The fourth-order valence-electron chi connectivity index (χ4n) is 4.68. The predicted octanol–water partition coefficient (Wildman–Crippen LogP) is 6.54. The Kier molecular flexibility index (Phi) is 8.61. The van der Waals surface area contributed by atoms with Crippen LogP contribution in [0, 0.1) is 12.7 Å². The summed E-state index contributed by atoms with van der Waals surface area (Å²) in [5.41, 5.74) is 3.86. The van der Waals surface area contributed by atoms with E-state index in [4.69, 9.17) is 14.5 Å². The van der Waals surface area contributed by atoms with Gasteiger partial charge in [0.15, 0.2) is 12.4 Å². The summed E-state index contributed by atoms with van der Waals surface area (Å²) in [6.07, 6.45) is 1.51. The van der Waals surface area contributed by atoms with Crippen LogP contribution in [0.3, 0.4) is 0 Å². The van der Waals surface area contributed by atoms with Crippen molar-refractivity contribution in [2.24, 2.45) is 5.10 Å². The van der Waals surface area contributed by atoms with E-state index in [0.29, 0.717) is 33.7 Å². The molecule has 218 valence electrons. The Hall–Kier alpha value is -5.31. The lowest BCUT2D eigenvalue weighted by molar-refractivity contribution is -0.118. The zero-order valence-corrected chi connectivity index (χ0v) is 24.3. The van der Waals surface area contributed by atoms with Crippen molar-refractivity contribution in [2.75, 3.05) is 19.0 Å². The molecule has 0 aliphatic rings. The predicted molar refractivity (Wildman–Crippen MR) is 167 cm³/mol. The van der Waals surface area contributed by atoms with Crippen molar-refractivity contribution in [1.82, 2.24) is 9.66 Å². The molecule has 0 unspecified atom stereocenters. The van der Waals surface area contributed by atoms with Crippen molar-refractivity contribution in [3.05, 3.63) is 118 Å². The molecule has 0 aliphatic heterocycles. The van der Waals surface area contributed by atoms with E-state index < -0.39 is 11.7 Å². The highest BCUT2D eigenvalue weighted by atomic mass is 19.1. The number of amides is 1. The fourth-order valence-corrected chi connectivity index (χ4v) is 4.68. The first-order valence-electron chi connectivity index (χ1n) is 13.8. The quantitative estimate of drug-likeness (QED) is 0.200. The number of nitrogens with one attached hydrogen (secondary N) is 1. The summed E-state index contributed by atoms with van der Waals surface area (Å²) >= 11 is 0. The number of benzene rings is 4. The molecule has 1 aromatic heterocycles. The lowest BCUT2D eigenvalue weighted by atomic mass is 9.96. The number of carbonyl (C=O) groups excluding carboxylic acids is 1. The number of methoxy groups -OCH3 is 1. The van der Waals surface area contributed by atoms with E-state index in [9.17, 15) is 14.0 Å². The molecule has 0 bridgehead atoms. The van der Waals surface area contributed by atoms with Crippen LogP contribution in [0.4, 0.5) is 10.1 Å². The lowest BCUT2D eigenvalue weighted by Crippen LogP contribution is -2.21. The smallest absolute Gasteiger partial charge is 0.282 e. The van der Waals surface area contributed by atoms with Crippen LogP contribution < -0.4 is 20.3 Å². The fraction of sp³-hybridized carbons (Fsp3) is 0.176. The Morgan fingerprint density at radius 2 is 1.74 bits per heavy atom. The summed E-state index contributed by atoms with van der Waals surface area (Å²) in [4.78, 5) is 31.1. The number of fused-ring (bicyclic) bond motifs is 1. The number of anilines is 1.